The highest BCUT2D eigenvalue weighted by molar-refractivity contribution is 5.83. The molecule has 0 spiro atoms. The second-order valence-electron chi connectivity index (χ2n) is 7.68. The summed E-state index contributed by atoms with van der Waals surface area (Å²) in [4.78, 5) is 20.3. The molecule has 1 aliphatic heterocycles. The molecule has 3 rings (SSSR count). The molecular weight excluding hydrogens is 326 g/mol. The van der Waals surface area contributed by atoms with Crippen LogP contribution in [0, 0.1) is 12.8 Å². The van der Waals surface area contributed by atoms with E-state index in [-0.39, 0.29) is 6.42 Å². The molecule has 0 aliphatic carbocycles. The lowest BCUT2D eigenvalue weighted by Gasteiger charge is -2.42. The molecule has 2 atom stereocenters. The number of pyridine rings is 1. The molecular formula is C21H29N3O2. The van der Waals surface area contributed by atoms with Gasteiger partial charge in [-0.2, -0.15) is 0 Å². The second kappa shape index (κ2) is 8.14. The first kappa shape index (κ1) is 18.8. The molecule has 0 saturated carbocycles. The zero-order valence-corrected chi connectivity index (χ0v) is 16.0. The molecule has 0 amide bonds. The van der Waals surface area contributed by atoms with E-state index in [0.29, 0.717) is 12.0 Å². The Morgan fingerprint density at radius 3 is 2.88 bits per heavy atom. The summed E-state index contributed by atoms with van der Waals surface area (Å²) in [6, 6.07) is 8.85. The predicted octanol–water partition coefficient (Wildman–Crippen LogP) is 3.16. The van der Waals surface area contributed by atoms with Crippen LogP contribution in [0.4, 0.5) is 0 Å². The van der Waals surface area contributed by atoms with E-state index in [9.17, 15) is 4.79 Å². The van der Waals surface area contributed by atoms with Crippen molar-refractivity contribution in [1.82, 2.24) is 14.8 Å². The van der Waals surface area contributed by atoms with Gasteiger partial charge in [-0.3, -0.25) is 14.7 Å². The number of piperidine rings is 1. The average molecular weight is 355 g/mol. The lowest BCUT2D eigenvalue weighted by Crippen LogP contribution is -2.48. The number of hydrogen-bond donors (Lipinski definition) is 1. The third-order valence-electron chi connectivity index (χ3n) is 5.68. The minimum atomic E-state index is -0.699. The van der Waals surface area contributed by atoms with Crippen LogP contribution in [-0.4, -0.2) is 59.1 Å². The minimum Gasteiger partial charge on any atom is -0.481 e. The molecule has 26 heavy (non-hydrogen) atoms. The van der Waals surface area contributed by atoms with Crippen LogP contribution >= 0.6 is 0 Å². The van der Waals surface area contributed by atoms with Crippen LogP contribution in [0.3, 0.4) is 0 Å². The molecule has 5 heteroatoms. The fourth-order valence-corrected chi connectivity index (χ4v) is 4.27. The maximum Gasteiger partial charge on any atom is 0.303 e. The summed E-state index contributed by atoms with van der Waals surface area (Å²) in [5.74, 6) is -0.307. The van der Waals surface area contributed by atoms with Crippen LogP contribution in [0.2, 0.25) is 0 Å². The van der Waals surface area contributed by atoms with Crippen LogP contribution in [-0.2, 0) is 11.3 Å². The number of likely N-dealkylation sites (tertiary alicyclic amines) is 1. The lowest BCUT2D eigenvalue weighted by atomic mass is 9.87. The van der Waals surface area contributed by atoms with Crippen molar-refractivity contribution in [3.63, 3.8) is 0 Å². The van der Waals surface area contributed by atoms with Crippen molar-refractivity contribution in [2.75, 3.05) is 27.2 Å². The highest BCUT2D eigenvalue weighted by Crippen LogP contribution is 2.28. The van der Waals surface area contributed by atoms with E-state index in [0.717, 1.165) is 38.0 Å². The van der Waals surface area contributed by atoms with E-state index in [1.165, 1.54) is 16.5 Å². The van der Waals surface area contributed by atoms with Gasteiger partial charge in [-0.15, -0.1) is 0 Å². The average Bonchev–Trinajstić information content (AvgIpc) is 2.62. The van der Waals surface area contributed by atoms with Gasteiger partial charge in [0.05, 0.1) is 5.52 Å². The summed E-state index contributed by atoms with van der Waals surface area (Å²) in [5.41, 5.74) is 3.68. The van der Waals surface area contributed by atoms with E-state index in [2.05, 4.69) is 54.0 Å². The number of aliphatic carboxylic acids is 1. The summed E-state index contributed by atoms with van der Waals surface area (Å²) < 4.78 is 0. The number of carboxylic acids is 1. The quantitative estimate of drug-likeness (QED) is 0.863. The summed E-state index contributed by atoms with van der Waals surface area (Å²) in [6.07, 6.45) is 3.91. The van der Waals surface area contributed by atoms with Crippen LogP contribution in [0.1, 0.15) is 30.4 Å². The first-order chi connectivity index (χ1) is 12.5. The van der Waals surface area contributed by atoms with Crippen LogP contribution in [0.15, 0.2) is 30.5 Å². The smallest absolute Gasteiger partial charge is 0.303 e. The summed E-state index contributed by atoms with van der Waals surface area (Å²) >= 11 is 0. The van der Waals surface area contributed by atoms with Crippen molar-refractivity contribution in [2.45, 2.75) is 38.8 Å². The Hall–Kier alpha value is -1.98. The Kier molecular flexibility index (Phi) is 5.89. The van der Waals surface area contributed by atoms with Gasteiger partial charge in [0.1, 0.15) is 0 Å². The van der Waals surface area contributed by atoms with Crippen LogP contribution in [0.25, 0.3) is 10.9 Å². The second-order valence-corrected chi connectivity index (χ2v) is 7.68. The Bertz CT molecular complexity index is 775. The van der Waals surface area contributed by atoms with Gasteiger partial charge in [0.25, 0.3) is 0 Å². The number of hydrogen-bond acceptors (Lipinski definition) is 4. The maximum absolute atomic E-state index is 11.0. The van der Waals surface area contributed by atoms with Gasteiger partial charge in [0, 0.05) is 37.1 Å². The molecule has 1 aromatic carbocycles. The topological polar surface area (TPSA) is 56.7 Å². The predicted molar refractivity (Wildman–Crippen MR) is 104 cm³/mol. The highest BCUT2D eigenvalue weighted by atomic mass is 16.4. The molecule has 140 valence electrons. The minimum absolute atomic E-state index is 0.250. The third kappa shape index (κ3) is 4.22. The summed E-state index contributed by atoms with van der Waals surface area (Å²) in [5, 5.41) is 10.3. The van der Waals surface area contributed by atoms with Gasteiger partial charge in [-0.25, -0.2) is 0 Å². The van der Waals surface area contributed by atoms with E-state index < -0.39 is 5.97 Å². The zero-order chi connectivity index (χ0) is 18.7. The number of carbonyl (C=O) groups is 1. The number of aryl methyl sites for hydroxylation is 1. The van der Waals surface area contributed by atoms with Crippen molar-refractivity contribution in [2.24, 2.45) is 5.92 Å². The first-order valence-electron chi connectivity index (χ1n) is 9.39. The molecule has 2 heterocycles. The van der Waals surface area contributed by atoms with Crippen molar-refractivity contribution in [3.05, 3.63) is 41.6 Å². The standard InChI is InChI=1S/C21H29N3O2/c1-15-6-8-19-17(5-4-11-22-19)18(15)14-24-12-10-20(23(2)3)16(13-24)7-9-21(25)26/h4-6,8,11,16,20H,7,9-10,12-14H2,1-3H3,(H,25,26)/t16-,20+/m1/s1. The molecule has 0 unspecified atom stereocenters. The maximum atomic E-state index is 11.0. The Balaban J connectivity index is 1.78. The molecule has 1 aromatic heterocycles. The van der Waals surface area contributed by atoms with E-state index >= 15 is 0 Å². The van der Waals surface area contributed by atoms with E-state index in [4.69, 9.17) is 5.11 Å². The first-order valence-corrected chi connectivity index (χ1v) is 9.39. The van der Waals surface area contributed by atoms with Crippen LogP contribution in [0.5, 0.6) is 0 Å². The third-order valence-corrected chi connectivity index (χ3v) is 5.68. The van der Waals surface area contributed by atoms with Crippen molar-refractivity contribution in [1.29, 1.82) is 0 Å². The number of fused-ring (bicyclic) bond motifs is 1. The van der Waals surface area contributed by atoms with Crippen LogP contribution < -0.4 is 0 Å². The molecule has 1 N–H and O–H groups in total. The molecule has 1 aliphatic rings. The summed E-state index contributed by atoms with van der Waals surface area (Å²) in [6.45, 7) is 5.06. The van der Waals surface area contributed by atoms with E-state index in [1.807, 2.05) is 12.3 Å². The van der Waals surface area contributed by atoms with Gasteiger partial charge in [0.15, 0.2) is 0 Å². The molecule has 1 saturated heterocycles. The number of aromatic nitrogens is 1. The normalized spacial score (nSPS) is 21.4. The monoisotopic (exact) mass is 355 g/mol. The molecule has 5 nitrogen and oxygen atoms in total. The number of benzene rings is 1. The SMILES string of the molecule is Cc1ccc2ncccc2c1CN1CC[C@H](N(C)C)[C@H](CCC(=O)O)C1. The number of nitrogens with zero attached hydrogens (tertiary/aromatic N) is 3. The highest BCUT2D eigenvalue weighted by Gasteiger charge is 2.31. The van der Waals surface area contributed by atoms with Gasteiger partial charge < -0.3 is 10.0 Å². The fraction of sp³-hybridized carbons (Fsp3) is 0.524. The molecule has 0 radical (unpaired) electrons. The van der Waals surface area contributed by atoms with E-state index in [1.54, 1.807) is 0 Å². The molecule has 0 bridgehead atoms. The molecule has 1 fully saturated rings. The van der Waals surface area contributed by atoms with Crippen molar-refractivity contribution in [3.8, 4) is 0 Å². The number of carboxylic acid groups (broad SMARTS) is 1. The molecule has 2 aromatic rings. The van der Waals surface area contributed by atoms with Crippen molar-refractivity contribution >= 4 is 16.9 Å². The largest absolute Gasteiger partial charge is 0.481 e. The summed E-state index contributed by atoms with van der Waals surface area (Å²) in [7, 11) is 4.21. The Morgan fingerprint density at radius 1 is 1.35 bits per heavy atom. The lowest BCUT2D eigenvalue weighted by molar-refractivity contribution is -0.137. The number of rotatable bonds is 6. The van der Waals surface area contributed by atoms with Gasteiger partial charge >= 0.3 is 5.97 Å². The van der Waals surface area contributed by atoms with Gasteiger partial charge in [-0.05, 0) is 69.6 Å². The van der Waals surface area contributed by atoms with Crippen molar-refractivity contribution < 1.29 is 9.90 Å². The van der Waals surface area contributed by atoms with Gasteiger partial charge in [0.2, 0.25) is 0 Å². The Morgan fingerprint density at radius 2 is 2.15 bits per heavy atom. The Labute approximate surface area is 155 Å². The van der Waals surface area contributed by atoms with Gasteiger partial charge in [-0.1, -0.05) is 12.1 Å². The zero-order valence-electron chi connectivity index (χ0n) is 16.0. The fourth-order valence-electron chi connectivity index (χ4n) is 4.27.